The Morgan fingerprint density at radius 2 is 2.05 bits per heavy atom. The van der Waals surface area contributed by atoms with Crippen molar-refractivity contribution in [3.05, 3.63) is 35.4 Å². The van der Waals surface area contributed by atoms with Crippen LogP contribution in [0.2, 0.25) is 0 Å². The highest BCUT2D eigenvalue weighted by atomic mass is 16.4. The normalized spacial score (nSPS) is 13.8. The second-order valence-electron chi connectivity index (χ2n) is 5.70. The number of carbonyl (C=O) groups excluding carboxylic acids is 1. The summed E-state index contributed by atoms with van der Waals surface area (Å²) in [6, 6.07) is 8.19. The lowest BCUT2D eigenvalue weighted by atomic mass is 10.1. The third-order valence-corrected chi connectivity index (χ3v) is 3.63. The van der Waals surface area contributed by atoms with Crippen LogP contribution in [0.4, 0.5) is 4.79 Å². The summed E-state index contributed by atoms with van der Waals surface area (Å²) in [5, 5.41) is 8.80. The van der Waals surface area contributed by atoms with E-state index in [9.17, 15) is 9.59 Å². The van der Waals surface area contributed by atoms with E-state index in [4.69, 9.17) is 5.11 Å². The minimum atomic E-state index is -0.866. The second kappa shape index (κ2) is 6.61. The number of carboxylic acids is 1. The number of aliphatic carboxylic acids is 1. The molecular weight excluding hydrogens is 268 g/mol. The van der Waals surface area contributed by atoms with Crippen molar-refractivity contribution in [1.82, 2.24) is 9.80 Å². The molecule has 114 valence electrons. The summed E-state index contributed by atoms with van der Waals surface area (Å²) < 4.78 is 0. The van der Waals surface area contributed by atoms with Crippen LogP contribution in [0.25, 0.3) is 0 Å². The SMILES string of the molecule is Cc1cccc(CN(C)C(=O)N(CCC(=O)O)C2CC2)c1. The Bertz CT molecular complexity index is 526. The molecule has 0 unspecified atom stereocenters. The van der Waals surface area contributed by atoms with Gasteiger partial charge in [0.15, 0.2) is 0 Å². The molecule has 1 saturated carbocycles. The molecule has 5 nitrogen and oxygen atoms in total. The maximum Gasteiger partial charge on any atom is 0.320 e. The fourth-order valence-electron chi connectivity index (χ4n) is 2.41. The topological polar surface area (TPSA) is 60.9 Å². The standard InChI is InChI=1S/C16H22N2O3/c1-12-4-3-5-13(10-12)11-17(2)16(21)18(14-6-7-14)9-8-15(19)20/h3-5,10,14H,6-9,11H2,1-2H3,(H,19,20). The van der Waals surface area contributed by atoms with Crippen molar-refractivity contribution in [3.8, 4) is 0 Å². The quantitative estimate of drug-likeness (QED) is 0.875. The fourth-order valence-corrected chi connectivity index (χ4v) is 2.41. The maximum absolute atomic E-state index is 12.5. The third kappa shape index (κ3) is 4.48. The van der Waals surface area contributed by atoms with E-state index in [1.807, 2.05) is 25.1 Å². The molecule has 0 aliphatic heterocycles. The summed E-state index contributed by atoms with van der Waals surface area (Å²) >= 11 is 0. The smallest absolute Gasteiger partial charge is 0.320 e. The molecule has 1 aliphatic carbocycles. The Morgan fingerprint density at radius 1 is 1.33 bits per heavy atom. The van der Waals surface area contributed by atoms with Crippen LogP contribution < -0.4 is 0 Å². The lowest BCUT2D eigenvalue weighted by Gasteiger charge is -2.28. The lowest BCUT2D eigenvalue weighted by Crippen LogP contribution is -2.43. The molecule has 2 amide bonds. The number of carbonyl (C=O) groups is 2. The highest BCUT2D eigenvalue weighted by molar-refractivity contribution is 5.76. The number of hydrogen-bond donors (Lipinski definition) is 1. The Hall–Kier alpha value is -2.04. The second-order valence-corrected chi connectivity index (χ2v) is 5.70. The molecule has 5 heteroatoms. The van der Waals surface area contributed by atoms with Crippen molar-refractivity contribution in [2.75, 3.05) is 13.6 Å². The van der Waals surface area contributed by atoms with Crippen molar-refractivity contribution in [3.63, 3.8) is 0 Å². The summed E-state index contributed by atoms with van der Waals surface area (Å²) in [5.74, 6) is -0.866. The van der Waals surface area contributed by atoms with Crippen LogP contribution in [0.5, 0.6) is 0 Å². The summed E-state index contributed by atoms with van der Waals surface area (Å²) in [4.78, 5) is 26.6. The van der Waals surface area contributed by atoms with Gasteiger partial charge in [-0.2, -0.15) is 0 Å². The van der Waals surface area contributed by atoms with Crippen molar-refractivity contribution in [2.45, 2.75) is 38.8 Å². The average Bonchev–Trinajstić information content (AvgIpc) is 3.23. The van der Waals surface area contributed by atoms with Gasteiger partial charge < -0.3 is 14.9 Å². The Balaban J connectivity index is 1.97. The van der Waals surface area contributed by atoms with E-state index in [2.05, 4.69) is 6.07 Å². The lowest BCUT2D eigenvalue weighted by molar-refractivity contribution is -0.137. The van der Waals surface area contributed by atoms with E-state index in [0.717, 1.165) is 18.4 Å². The largest absolute Gasteiger partial charge is 0.481 e. The summed E-state index contributed by atoms with van der Waals surface area (Å²) in [5.41, 5.74) is 2.25. The van der Waals surface area contributed by atoms with Gasteiger partial charge in [0.1, 0.15) is 0 Å². The molecule has 0 aromatic heterocycles. The zero-order valence-electron chi connectivity index (χ0n) is 12.6. The van der Waals surface area contributed by atoms with E-state index >= 15 is 0 Å². The van der Waals surface area contributed by atoms with E-state index in [-0.39, 0.29) is 25.0 Å². The summed E-state index contributed by atoms with van der Waals surface area (Å²) in [7, 11) is 1.76. The number of amides is 2. The number of nitrogens with zero attached hydrogens (tertiary/aromatic N) is 2. The fraction of sp³-hybridized carbons (Fsp3) is 0.500. The molecule has 0 atom stereocenters. The number of rotatable bonds is 6. The number of carboxylic acid groups (broad SMARTS) is 1. The molecule has 1 aliphatic rings. The molecule has 1 fully saturated rings. The van der Waals surface area contributed by atoms with E-state index in [1.54, 1.807) is 16.8 Å². The predicted octanol–water partition coefficient (Wildman–Crippen LogP) is 2.49. The van der Waals surface area contributed by atoms with Crippen LogP contribution in [0.15, 0.2) is 24.3 Å². The van der Waals surface area contributed by atoms with Gasteiger partial charge in [-0.05, 0) is 25.3 Å². The van der Waals surface area contributed by atoms with Crippen LogP contribution in [0, 0.1) is 6.92 Å². The van der Waals surface area contributed by atoms with E-state index in [0.29, 0.717) is 6.54 Å². The van der Waals surface area contributed by atoms with Gasteiger partial charge in [-0.1, -0.05) is 29.8 Å². The third-order valence-electron chi connectivity index (χ3n) is 3.63. The van der Waals surface area contributed by atoms with Gasteiger partial charge in [-0.3, -0.25) is 4.79 Å². The summed E-state index contributed by atoms with van der Waals surface area (Å²) in [6.45, 7) is 2.85. The first-order valence-electron chi connectivity index (χ1n) is 7.26. The van der Waals surface area contributed by atoms with Crippen LogP contribution in [0.1, 0.15) is 30.4 Å². The molecule has 0 bridgehead atoms. The van der Waals surface area contributed by atoms with Gasteiger partial charge in [-0.15, -0.1) is 0 Å². The highest BCUT2D eigenvalue weighted by Crippen LogP contribution is 2.28. The molecule has 1 aromatic carbocycles. The van der Waals surface area contributed by atoms with Gasteiger partial charge >= 0.3 is 12.0 Å². The van der Waals surface area contributed by atoms with Gasteiger partial charge in [0.25, 0.3) is 0 Å². The number of urea groups is 1. The first-order valence-corrected chi connectivity index (χ1v) is 7.26. The number of hydrogen-bond acceptors (Lipinski definition) is 2. The van der Waals surface area contributed by atoms with Gasteiger partial charge in [0.05, 0.1) is 6.42 Å². The molecule has 2 rings (SSSR count). The van der Waals surface area contributed by atoms with Crippen LogP contribution in [-0.4, -0.2) is 46.5 Å². The van der Waals surface area contributed by atoms with Crippen LogP contribution in [0.3, 0.4) is 0 Å². The maximum atomic E-state index is 12.5. The van der Waals surface area contributed by atoms with E-state index < -0.39 is 5.97 Å². The van der Waals surface area contributed by atoms with Gasteiger partial charge in [0.2, 0.25) is 0 Å². The average molecular weight is 290 g/mol. The Labute approximate surface area is 125 Å². The molecule has 0 heterocycles. The molecule has 21 heavy (non-hydrogen) atoms. The minimum Gasteiger partial charge on any atom is -0.481 e. The molecule has 0 saturated heterocycles. The first kappa shape index (κ1) is 15.4. The minimum absolute atomic E-state index is 0.000521. The molecular formula is C16H22N2O3. The van der Waals surface area contributed by atoms with Crippen LogP contribution >= 0.6 is 0 Å². The molecule has 1 aromatic rings. The molecule has 0 spiro atoms. The summed E-state index contributed by atoms with van der Waals surface area (Å²) in [6.07, 6.45) is 1.95. The van der Waals surface area contributed by atoms with Crippen molar-refractivity contribution in [1.29, 1.82) is 0 Å². The predicted molar refractivity (Wildman–Crippen MR) is 80.0 cm³/mol. The number of aryl methyl sites for hydroxylation is 1. The first-order chi connectivity index (χ1) is 9.97. The van der Waals surface area contributed by atoms with Crippen molar-refractivity contribution in [2.24, 2.45) is 0 Å². The molecule has 0 radical (unpaired) electrons. The monoisotopic (exact) mass is 290 g/mol. The Morgan fingerprint density at radius 3 is 2.62 bits per heavy atom. The van der Waals surface area contributed by atoms with Crippen molar-refractivity contribution < 1.29 is 14.7 Å². The van der Waals surface area contributed by atoms with Gasteiger partial charge in [-0.25, -0.2) is 4.79 Å². The number of benzene rings is 1. The highest BCUT2D eigenvalue weighted by Gasteiger charge is 2.34. The zero-order valence-corrected chi connectivity index (χ0v) is 12.6. The van der Waals surface area contributed by atoms with Gasteiger partial charge in [0, 0.05) is 26.2 Å². The van der Waals surface area contributed by atoms with Crippen molar-refractivity contribution >= 4 is 12.0 Å². The van der Waals surface area contributed by atoms with Crippen LogP contribution in [-0.2, 0) is 11.3 Å². The van der Waals surface area contributed by atoms with E-state index in [1.165, 1.54) is 5.56 Å². The Kier molecular flexibility index (Phi) is 4.83. The zero-order chi connectivity index (χ0) is 15.4. The molecule has 1 N–H and O–H groups in total.